The van der Waals surface area contributed by atoms with Gasteiger partial charge in [0.1, 0.15) is 10.8 Å². The topological polar surface area (TPSA) is 42.0 Å². The van der Waals surface area contributed by atoms with Crippen molar-refractivity contribution in [3.05, 3.63) is 41.2 Å². The monoisotopic (exact) mass is 370 g/mol. The third-order valence-electron chi connectivity index (χ3n) is 6.52. The van der Waals surface area contributed by atoms with Crippen molar-refractivity contribution in [2.75, 3.05) is 0 Å². The zero-order valence-electron chi connectivity index (χ0n) is 14.7. The van der Waals surface area contributed by atoms with E-state index >= 15 is 0 Å². The highest BCUT2D eigenvalue weighted by atomic mass is 32.1. The molecule has 4 fully saturated rings. The van der Waals surface area contributed by atoms with Crippen LogP contribution in [0, 0.1) is 29.5 Å². The molecule has 1 heterocycles. The lowest BCUT2D eigenvalue weighted by molar-refractivity contribution is -0.124. The van der Waals surface area contributed by atoms with Crippen LogP contribution in [0.3, 0.4) is 0 Å². The molecule has 1 aromatic heterocycles. The van der Waals surface area contributed by atoms with E-state index in [2.05, 4.69) is 10.3 Å². The Hall–Kier alpha value is -1.75. The van der Waals surface area contributed by atoms with Crippen LogP contribution >= 0.6 is 11.3 Å². The smallest absolute Gasteiger partial charge is 0.226 e. The Bertz CT molecular complexity index is 805. The van der Waals surface area contributed by atoms with Gasteiger partial charge in [-0.1, -0.05) is 12.1 Å². The molecule has 4 aliphatic carbocycles. The first-order chi connectivity index (χ1) is 12.6. The summed E-state index contributed by atoms with van der Waals surface area (Å²) < 4.78 is 13.4. The highest BCUT2D eigenvalue weighted by Gasteiger charge is 2.48. The van der Waals surface area contributed by atoms with Crippen LogP contribution in [0.25, 0.3) is 10.6 Å². The van der Waals surface area contributed by atoms with Gasteiger partial charge in [0.05, 0.1) is 12.1 Å². The second-order valence-corrected chi connectivity index (χ2v) is 9.21. The highest BCUT2D eigenvalue weighted by molar-refractivity contribution is 7.13. The molecular formula is C21H23FN2OS. The van der Waals surface area contributed by atoms with Crippen molar-refractivity contribution in [3.63, 3.8) is 0 Å². The lowest BCUT2D eigenvalue weighted by Crippen LogP contribution is -2.56. The Kier molecular flexibility index (Phi) is 4.07. The van der Waals surface area contributed by atoms with Crippen LogP contribution in [0.1, 0.15) is 37.8 Å². The van der Waals surface area contributed by atoms with Crippen LogP contribution in [-0.2, 0) is 11.2 Å². The minimum Gasteiger partial charge on any atom is -0.352 e. The van der Waals surface area contributed by atoms with Gasteiger partial charge in [-0.05, 0) is 67.9 Å². The van der Waals surface area contributed by atoms with Gasteiger partial charge in [-0.25, -0.2) is 9.37 Å². The maximum absolute atomic E-state index is 13.4. The molecule has 26 heavy (non-hydrogen) atoms. The Balaban J connectivity index is 1.24. The Labute approximate surface area is 157 Å². The molecule has 2 aromatic rings. The molecule has 0 radical (unpaired) electrons. The summed E-state index contributed by atoms with van der Waals surface area (Å²) in [4.78, 5) is 17.1. The number of halogens is 1. The van der Waals surface area contributed by atoms with Crippen LogP contribution in [0.15, 0.2) is 29.6 Å². The van der Waals surface area contributed by atoms with E-state index in [1.54, 1.807) is 6.07 Å². The number of thiazole rings is 1. The quantitative estimate of drug-likeness (QED) is 0.865. The van der Waals surface area contributed by atoms with Gasteiger partial charge >= 0.3 is 0 Å². The van der Waals surface area contributed by atoms with E-state index in [0.717, 1.165) is 28.1 Å². The molecule has 4 saturated carbocycles. The summed E-state index contributed by atoms with van der Waals surface area (Å²) in [6.45, 7) is 0. The number of benzene rings is 1. The fourth-order valence-corrected chi connectivity index (χ4v) is 6.52. The maximum atomic E-state index is 13.4. The number of carbonyl (C=O) groups is 1. The van der Waals surface area contributed by atoms with Crippen LogP contribution < -0.4 is 5.32 Å². The van der Waals surface area contributed by atoms with Gasteiger partial charge in [0.25, 0.3) is 0 Å². The van der Waals surface area contributed by atoms with E-state index < -0.39 is 0 Å². The highest BCUT2D eigenvalue weighted by Crippen LogP contribution is 2.53. The molecule has 1 amide bonds. The summed E-state index contributed by atoms with van der Waals surface area (Å²) in [5, 5.41) is 6.01. The normalized spacial score (nSPS) is 32.0. The summed E-state index contributed by atoms with van der Waals surface area (Å²) in [7, 11) is 0. The van der Waals surface area contributed by atoms with Crippen LogP contribution in [0.2, 0.25) is 0 Å². The molecule has 0 atom stereocenters. The van der Waals surface area contributed by atoms with E-state index in [1.165, 1.54) is 55.6 Å². The SMILES string of the molecule is O=C(Cc1csc(-c2cccc(F)c2)n1)NC1C2CC3CC(C2)CC1C3. The number of hydrogen-bond acceptors (Lipinski definition) is 3. The maximum Gasteiger partial charge on any atom is 0.226 e. The fraction of sp³-hybridized carbons (Fsp3) is 0.524. The molecule has 6 rings (SSSR count). The van der Waals surface area contributed by atoms with Crippen LogP contribution in [0.5, 0.6) is 0 Å². The van der Waals surface area contributed by atoms with Gasteiger partial charge in [0.2, 0.25) is 5.91 Å². The molecule has 0 aliphatic heterocycles. The predicted molar refractivity (Wildman–Crippen MR) is 100 cm³/mol. The largest absolute Gasteiger partial charge is 0.352 e. The van der Waals surface area contributed by atoms with Crippen molar-refractivity contribution >= 4 is 17.2 Å². The summed E-state index contributed by atoms with van der Waals surface area (Å²) >= 11 is 1.46. The third kappa shape index (κ3) is 3.07. The average molecular weight is 370 g/mol. The van der Waals surface area contributed by atoms with Crippen LogP contribution in [-0.4, -0.2) is 16.9 Å². The third-order valence-corrected chi connectivity index (χ3v) is 7.46. The molecule has 0 unspecified atom stereocenters. The zero-order valence-corrected chi connectivity index (χ0v) is 15.5. The molecule has 0 saturated heterocycles. The number of aromatic nitrogens is 1. The lowest BCUT2D eigenvalue weighted by Gasteiger charge is -2.54. The number of nitrogens with zero attached hydrogens (tertiary/aromatic N) is 1. The number of hydrogen-bond donors (Lipinski definition) is 1. The number of amides is 1. The van der Waals surface area contributed by atoms with Gasteiger partial charge in [-0.2, -0.15) is 0 Å². The average Bonchev–Trinajstić information content (AvgIpc) is 3.06. The number of nitrogens with one attached hydrogen (secondary N) is 1. The Morgan fingerprint density at radius 3 is 2.58 bits per heavy atom. The standard InChI is InChI=1S/C21H23FN2OS/c22-17-3-1-2-14(9-17)21-23-18(11-26-21)10-19(25)24-20-15-5-12-4-13(7-15)8-16(20)6-12/h1-3,9,11-13,15-16,20H,4-8,10H2,(H,24,25). The van der Waals surface area contributed by atoms with Gasteiger partial charge in [-0.3, -0.25) is 4.79 Å². The summed E-state index contributed by atoms with van der Waals surface area (Å²) in [6, 6.07) is 6.82. The van der Waals surface area contributed by atoms with E-state index in [9.17, 15) is 9.18 Å². The van der Waals surface area contributed by atoms with Crippen molar-refractivity contribution < 1.29 is 9.18 Å². The Morgan fingerprint density at radius 2 is 1.88 bits per heavy atom. The summed E-state index contributed by atoms with van der Waals surface area (Å²) in [5.41, 5.74) is 1.54. The van der Waals surface area contributed by atoms with Gasteiger partial charge in [0.15, 0.2) is 0 Å². The van der Waals surface area contributed by atoms with E-state index in [-0.39, 0.29) is 11.7 Å². The zero-order chi connectivity index (χ0) is 17.7. The van der Waals surface area contributed by atoms with Crippen molar-refractivity contribution in [2.45, 2.75) is 44.6 Å². The lowest BCUT2D eigenvalue weighted by atomic mass is 9.54. The van der Waals surface area contributed by atoms with E-state index in [1.807, 2.05) is 11.4 Å². The molecule has 0 spiro atoms. The number of carbonyl (C=O) groups excluding carboxylic acids is 1. The molecule has 4 bridgehead atoms. The van der Waals surface area contributed by atoms with Crippen molar-refractivity contribution in [3.8, 4) is 10.6 Å². The Morgan fingerprint density at radius 1 is 1.15 bits per heavy atom. The molecule has 1 aromatic carbocycles. The molecule has 3 nitrogen and oxygen atoms in total. The van der Waals surface area contributed by atoms with Gasteiger partial charge in [0, 0.05) is 17.0 Å². The predicted octanol–water partition coefficient (Wildman–Crippen LogP) is 4.43. The second kappa shape index (κ2) is 6.45. The molecule has 1 N–H and O–H groups in total. The second-order valence-electron chi connectivity index (χ2n) is 8.36. The van der Waals surface area contributed by atoms with Crippen molar-refractivity contribution in [1.82, 2.24) is 10.3 Å². The van der Waals surface area contributed by atoms with Gasteiger partial charge in [-0.15, -0.1) is 11.3 Å². The first-order valence-electron chi connectivity index (χ1n) is 9.64. The summed E-state index contributed by atoms with van der Waals surface area (Å²) in [5.74, 6) is 3.02. The first kappa shape index (κ1) is 16.4. The number of rotatable bonds is 4. The van der Waals surface area contributed by atoms with E-state index in [0.29, 0.717) is 24.3 Å². The fourth-order valence-electron chi connectivity index (χ4n) is 5.70. The van der Waals surface area contributed by atoms with Crippen molar-refractivity contribution in [2.24, 2.45) is 23.7 Å². The van der Waals surface area contributed by atoms with E-state index in [4.69, 9.17) is 0 Å². The molecular weight excluding hydrogens is 347 g/mol. The molecule has 4 aliphatic rings. The first-order valence-corrected chi connectivity index (χ1v) is 10.5. The van der Waals surface area contributed by atoms with Crippen LogP contribution in [0.4, 0.5) is 4.39 Å². The minimum absolute atomic E-state index is 0.0820. The van der Waals surface area contributed by atoms with Gasteiger partial charge < -0.3 is 5.32 Å². The van der Waals surface area contributed by atoms with Crippen molar-refractivity contribution in [1.29, 1.82) is 0 Å². The minimum atomic E-state index is -0.265. The molecule has 5 heteroatoms. The molecule has 136 valence electrons. The summed E-state index contributed by atoms with van der Waals surface area (Å²) in [6.07, 6.45) is 6.96.